The average molecular weight is 520 g/mol. The fourth-order valence-corrected chi connectivity index (χ4v) is 6.23. The van der Waals surface area contributed by atoms with E-state index in [-0.39, 0.29) is 0 Å². The van der Waals surface area contributed by atoms with E-state index in [2.05, 4.69) is 26.3 Å². The molecular weight excluding hydrogens is 478 g/mol. The van der Waals surface area contributed by atoms with Crippen LogP contribution in [0.25, 0.3) is 0 Å². The van der Waals surface area contributed by atoms with Crippen LogP contribution in [0.4, 0.5) is 22.4 Å². The predicted octanol–water partition coefficient (Wildman–Crippen LogP) is 5.12. The summed E-state index contributed by atoms with van der Waals surface area (Å²) in [6.07, 6.45) is 8.19. The second-order valence-corrected chi connectivity index (χ2v) is 13.4. The number of anilines is 3. The van der Waals surface area contributed by atoms with Gasteiger partial charge in [-0.1, -0.05) is 0 Å². The molecule has 3 saturated carbocycles. The number of nitrogens with one attached hydrogen (secondary N) is 1. The Morgan fingerprint density at radius 1 is 1.00 bits per heavy atom. The minimum absolute atomic E-state index is 0.352. The summed E-state index contributed by atoms with van der Waals surface area (Å²) in [5, 5.41) is 7.99. The molecule has 2 unspecified atom stereocenters. The predicted molar refractivity (Wildman–Crippen MR) is 146 cm³/mol. The molecule has 0 spiro atoms. The molecular formula is C29H41N7O2. The highest BCUT2D eigenvalue weighted by Gasteiger charge is 2.45. The molecule has 204 valence electrons. The number of rotatable bonds is 7. The molecule has 0 bridgehead atoms. The first-order valence-electron chi connectivity index (χ1n) is 14.7. The van der Waals surface area contributed by atoms with Crippen LogP contribution in [0.2, 0.25) is 0 Å². The number of ether oxygens (including phenoxy) is 1. The summed E-state index contributed by atoms with van der Waals surface area (Å²) in [5.74, 6) is 5.62. The minimum Gasteiger partial charge on any atom is -0.442 e. The SMILES string of the molecule is CC(C)(C)OC(=O)n1nc(Nc2nc(C3CCN(CC4CC4)CC3)cc(N3CC4CC4C3)n2)cc1C1CC1. The standard InChI is InChI=1S/C29H41N7O2/c1-29(2,3)38-28(37)36-24(20-6-7-20)14-25(33-36)31-27-30-23(13-26(32-27)35-16-21-12-22(21)17-35)19-8-10-34(11-9-19)15-18-4-5-18/h13-14,18-22H,4-12,15-17H2,1-3H3,(H,30,31,32,33). The third-order valence-electron chi connectivity index (χ3n) is 8.79. The average Bonchev–Trinajstić information content (AvgIpc) is 3.82. The van der Waals surface area contributed by atoms with Crippen molar-refractivity contribution in [2.75, 3.05) is 42.9 Å². The molecule has 2 aromatic rings. The largest absolute Gasteiger partial charge is 0.442 e. The smallest absolute Gasteiger partial charge is 0.435 e. The van der Waals surface area contributed by atoms with E-state index >= 15 is 0 Å². The van der Waals surface area contributed by atoms with Crippen LogP contribution in [0.5, 0.6) is 0 Å². The van der Waals surface area contributed by atoms with Gasteiger partial charge in [0.05, 0.1) is 11.4 Å². The van der Waals surface area contributed by atoms with E-state index in [1.165, 1.54) is 30.5 Å². The van der Waals surface area contributed by atoms with Gasteiger partial charge in [-0.05, 0) is 96.6 Å². The summed E-state index contributed by atoms with van der Waals surface area (Å²) in [6.45, 7) is 11.4. The van der Waals surface area contributed by atoms with Gasteiger partial charge in [0.2, 0.25) is 5.95 Å². The monoisotopic (exact) mass is 519 g/mol. The molecule has 2 saturated heterocycles. The Labute approximate surface area is 225 Å². The second-order valence-electron chi connectivity index (χ2n) is 13.4. The Bertz CT molecular complexity index is 1190. The van der Waals surface area contributed by atoms with Gasteiger partial charge < -0.3 is 19.9 Å². The van der Waals surface area contributed by atoms with Crippen LogP contribution in [0.15, 0.2) is 12.1 Å². The summed E-state index contributed by atoms with van der Waals surface area (Å²) < 4.78 is 7.06. The molecule has 2 atom stereocenters. The molecule has 0 radical (unpaired) electrons. The first-order chi connectivity index (χ1) is 18.3. The highest BCUT2D eigenvalue weighted by atomic mass is 16.6. The van der Waals surface area contributed by atoms with Crippen molar-refractivity contribution in [3.63, 3.8) is 0 Å². The van der Waals surface area contributed by atoms with Crippen LogP contribution >= 0.6 is 0 Å². The van der Waals surface area contributed by atoms with Crippen molar-refractivity contribution >= 4 is 23.7 Å². The van der Waals surface area contributed by atoms with Gasteiger partial charge in [0.1, 0.15) is 11.4 Å². The number of hydrogen-bond donors (Lipinski definition) is 1. The molecule has 2 aliphatic heterocycles. The number of hydrogen-bond acceptors (Lipinski definition) is 8. The molecule has 0 amide bonds. The van der Waals surface area contributed by atoms with Crippen LogP contribution in [0.3, 0.4) is 0 Å². The summed E-state index contributed by atoms with van der Waals surface area (Å²) >= 11 is 0. The Morgan fingerprint density at radius 3 is 2.39 bits per heavy atom. The molecule has 9 nitrogen and oxygen atoms in total. The van der Waals surface area contributed by atoms with Crippen molar-refractivity contribution in [1.29, 1.82) is 0 Å². The van der Waals surface area contributed by atoms with Gasteiger partial charge in [0.25, 0.3) is 0 Å². The molecule has 4 heterocycles. The zero-order valence-electron chi connectivity index (χ0n) is 23.0. The lowest BCUT2D eigenvalue weighted by Gasteiger charge is -2.32. The molecule has 2 aromatic heterocycles. The first kappa shape index (κ1) is 24.4. The highest BCUT2D eigenvalue weighted by Crippen LogP contribution is 2.46. The molecule has 9 heteroatoms. The number of carbonyl (C=O) groups excluding carboxylic acids is 1. The highest BCUT2D eigenvalue weighted by molar-refractivity contribution is 5.72. The fraction of sp³-hybridized carbons (Fsp3) is 0.724. The van der Waals surface area contributed by atoms with Crippen molar-refractivity contribution in [2.24, 2.45) is 17.8 Å². The number of piperidine rings is 2. The second kappa shape index (κ2) is 9.21. The molecule has 7 rings (SSSR count). The Balaban J connectivity index is 1.13. The van der Waals surface area contributed by atoms with Crippen molar-refractivity contribution < 1.29 is 9.53 Å². The Hall–Kier alpha value is -2.68. The van der Waals surface area contributed by atoms with Crippen molar-refractivity contribution in [1.82, 2.24) is 24.6 Å². The van der Waals surface area contributed by atoms with Crippen LogP contribution in [0.1, 0.15) is 88.9 Å². The number of carbonyl (C=O) groups is 1. The topological polar surface area (TPSA) is 88.4 Å². The lowest BCUT2D eigenvalue weighted by atomic mass is 9.93. The van der Waals surface area contributed by atoms with Gasteiger partial charge in [-0.15, -0.1) is 5.10 Å². The maximum Gasteiger partial charge on any atom is 0.435 e. The zero-order chi connectivity index (χ0) is 26.0. The summed E-state index contributed by atoms with van der Waals surface area (Å²) in [6, 6.07) is 4.21. The first-order valence-corrected chi connectivity index (χ1v) is 14.7. The molecule has 38 heavy (non-hydrogen) atoms. The van der Waals surface area contributed by atoms with E-state index in [1.807, 2.05) is 26.8 Å². The number of nitrogens with zero attached hydrogens (tertiary/aromatic N) is 6. The number of likely N-dealkylation sites (tertiary alicyclic amines) is 1. The number of fused-ring (bicyclic) bond motifs is 1. The fourth-order valence-electron chi connectivity index (χ4n) is 6.23. The van der Waals surface area contributed by atoms with Crippen LogP contribution in [-0.2, 0) is 4.74 Å². The number of aromatic nitrogens is 4. The van der Waals surface area contributed by atoms with E-state index in [9.17, 15) is 4.79 Å². The Morgan fingerprint density at radius 2 is 1.74 bits per heavy atom. The summed E-state index contributed by atoms with van der Waals surface area (Å²) in [4.78, 5) is 28.0. The van der Waals surface area contributed by atoms with Gasteiger partial charge in [-0.3, -0.25) is 0 Å². The normalized spacial score (nSPS) is 25.9. The molecule has 0 aromatic carbocycles. The van der Waals surface area contributed by atoms with E-state index in [4.69, 9.17) is 14.7 Å². The van der Waals surface area contributed by atoms with E-state index < -0.39 is 11.7 Å². The van der Waals surface area contributed by atoms with Crippen LogP contribution < -0.4 is 10.2 Å². The van der Waals surface area contributed by atoms with Gasteiger partial charge in [-0.2, -0.15) is 9.67 Å². The van der Waals surface area contributed by atoms with Gasteiger partial charge in [-0.25, -0.2) is 9.78 Å². The minimum atomic E-state index is -0.575. The van der Waals surface area contributed by atoms with E-state index in [0.29, 0.717) is 23.6 Å². The zero-order valence-corrected chi connectivity index (χ0v) is 23.0. The van der Waals surface area contributed by atoms with Crippen LogP contribution in [0, 0.1) is 17.8 Å². The van der Waals surface area contributed by atoms with Gasteiger partial charge >= 0.3 is 6.09 Å². The van der Waals surface area contributed by atoms with E-state index in [1.54, 1.807) is 0 Å². The molecule has 3 aliphatic carbocycles. The van der Waals surface area contributed by atoms with Crippen molar-refractivity contribution in [3.05, 3.63) is 23.5 Å². The molecule has 1 N–H and O–H groups in total. The van der Waals surface area contributed by atoms with Gasteiger partial charge in [0.15, 0.2) is 5.82 Å². The summed E-state index contributed by atoms with van der Waals surface area (Å²) in [5.41, 5.74) is 1.47. The maximum atomic E-state index is 12.9. The van der Waals surface area contributed by atoms with E-state index in [0.717, 1.165) is 86.8 Å². The van der Waals surface area contributed by atoms with Gasteiger partial charge in [0, 0.05) is 43.6 Å². The van der Waals surface area contributed by atoms with Crippen LogP contribution in [-0.4, -0.2) is 69.1 Å². The molecule has 5 aliphatic rings. The quantitative estimate of drug-likeness (QED) is 0.539. The lowest BCUT2D eigenvalue weighted by Crippen LogP contribution is -2.34. The van der Waals surface area contributed by atoms with Crippen molar-refractivity contribution in [3.8, 4) is 0 Å². The lowest BCUT2D eigenvalue weighted by molar-refractivity contribution is 0.0510. The molecule has 5 fully saturated rings. The third kappa shape index (κ3) is 5.40. The maximum absolute atomic E-state index is 12.9. The Kier molecular flexibility index (Phi) is 5.91. The third-order valence-corrected chi connectivity index (χ3v) is 8.79. The van der Waals surface area contributed by atoms with Crippen molar-refractivity contribution in [2.45, 2.75) is 83.2 Å². The summed E-state index contributed by atoms with van der Waals surface area (Å²) in [7, 11) is 0.